The number of carbonyl (C=O) groups is 1. The molecule has 2 heterocycles. The van der Waals surface area contributed by atoms with Crippen molar-refractivity contribution >= 4 is 6.09 Å². The van der Waals surface area contributed by atoms with Crippen molar-refractivity contribution in [2.24, 2.45) is 10.8 Å². The molecule has 0 radical (unpaired) electrons. The largest absolute Gasteiger partial charge is 0.447 e. The van der Waals surface area contributed by atoms with Crippen molar-refractivity contribution in [1.29, 1.82) is 0 Å². The summed E-state index contributed by atoms with van der Waals surface area (Å²) in [7, 11) is 0. The minimum absolute atomic E-state index is 0.0128. The fraction of sp³-hybridized carbons (Fsp3) is 0.765. The van der Waals surface area contributed by atoms with E-state index in [1.807, 2.05) is 0 Å². The molecule has 3 atom stereocenters. The molecule has 0 aromatic carbocycles. The number of likely N-dealkylation sites (tertiary alicyclic amines) is 1. The van der Waals surface area contributed by atoms with E-state index >= 15 is 0 Å². The summed E-state index contributed by atoms with van der Waals surface area (Å²) in [5.74, 6) is 0.557. The number of alkyl halides is 3. The second kappa shape index (κ2) is 5.87. The Balaban J connectivity index is 1.72. The lowest BCUT2D eigenvalue weighted by atomic mass is 9.95. The molecule has 1 saturated carbocycles. The lowest BCUT2D eigenvalue weighted by molar-refractivity contribution is -0.192. The number of amides is 1. The maximum Gasteiger partial charge on any atom is 0.410 e. The van der Waals surface area contributed by atoms with E-state index in [1.54, 1.807) is 27.7 Å². The normalized spacial score (nSPS) is 29.4. The molecule has 2 fully saturated rings. The Morgan fingerprint density at radius 1 is 1.42 bits per heavy atom. The molecule has 1 unspecified atom stereocenters. The maximum atomic E-state index is 13.8. The molecule has 146 valence electrons. The number of hydrogen-bond donors (Lipinski definition) is 1. The van der Waals surface area contributed by atoms with E-state index in [0.717, 1.165) is 0 Å². The van der Waals surface area contributed by atoms with Crippen LogP contribution in [0.5, 0.6) is 0 Å². The molecule has 6 nitrogen and oxygen atoms in total. The summed E-state index contributed by atoms with van der Waals surface area (Å²) in [6, 6.07) is -0.269. The Morgan fingerprint density at radius 2 is 2.12 bits per heavy atom. The Hall–Kier alpha value is -1.77. The fourth-order valence-electron chi connectivity index (χ4n) is 3.83. The van der Waals surface area contributed by atoms with Crippen LogP contribution in [-0.2, 0) is 4.74 Å². The Morgan fingerprint density at radius 3 is 2.65 bits per heavy atom. The van der Waals surface area contributed by atoms with Gasteiger partial charge in [0.25, 0.3) is 0 Å². The van der Waals surface area contributed by atoms with Gasteiger partial charge >= 0.3 is 12.3 Å². The van der Waals surface area contributed by atoms with Crippen LogP contribution < -0.4 is 5.32 Å². The van der Waals surface area contributed by atoms with Crippen LogP contribution >= 0.6 is 0 Å². The van der Waals surface area contributed by atoms with Crippen molar-refractivity contribution in [3.63, 3.8) is 0 Å². The molecular weight excluding hydrogens is 351 g/mol. The van der Waals surface area contributed by atoms with Crippen molar-refractivity contribution < 1.29 is 27.1 Å². The number of aromatic nitrogens is 1. The second-order valence-corrected chi connectivity index (χ2v) is 8.38. The molecular formula is C17H24F3N3O3. The molecule has 1 saturated heterocycles. The minimum atomic E-state index is -4.37. The third-order valence-corrected chi connectivity index (χ3v) is 5.30. The summed E-state index contributed by atoms with van der Waals surface area (Å²) >= 11 is 0. The molecule has 1 aromatic heterocycles. The Labute approximate surface area is 150 Å². The van der Waals surface area contributed by atoms with Gasteiger partial charge in [-0.25, -0.2) is 9.78 Å². The quantitative estimate of drug-likeness (QED) is 0.872. The van der Waals surface area contributed by atoms with Crippen LogP contribution in [0.1, 0.15) is 45.9 Å². The van der Waals surface area contributed by atoms with Gasteiger partial charge in [-0.15, -0.1) is 0 Å². The summed E-state index contributed by atoms with van der Waals surface area (Å²) < 4.78 is 51.7. The van der Waals surface area contributed by atoms with Crippen LogP contribution in [0.15, 0.2) is 17.0 Å². The van der Waals surface area contributed by atoms with E-state index in [0.29, 0.717) is 5.76 Å². The van der Waals surface area contributed by atoms with E-state index in [-0.39, 0.29) is 32.1 Å². The first kappa shape index (κ1) is 19.0. The molecule has 0 spiro atoms. The van der Waals surface area contributed by atoms with Gasteiger partial charge in [-0.05, 0) is 34.1 Å². The molecule has 2 aliphatic rings. The van der Waals surface area contributed by atoms with E-state index < -0.39 is 28.7 Å². The third kappa shape index (κ3) is 3.17. The number of nitrogens with zero attached hydrogens (tertiary/aromatic N) is 2. The third-order valence-electron chi connectivity index (χ3n) is 5.30. The highest BCUT2D eigenvalue weighted by Crippen LogP contribution is 2.74. The van der Waals surface area contributed by atoms with Gasteiger partial charge in [0.1, 0.15) is 11.4 Å². The van der Waals surface area contributed by atoms with Gasteiger partial charge in [0.2, 0.25) is 0 Å². The summed E-state index contributed by atoms with van der Waals surface area (Å²) in [6.07, 6.45) is -2.25. The van der Waals surface area contributed by atoms with Crippen LogP contribution in [0.25, 0.3) is 0 Å². The first-order valence-corrected chi connectivity index (χ1v) is 8.56. The molecule has 1 aliphatic heterocycles. The lowest BCUT2D eigenvalue weighted by Crippen LogP contribution is -2.39. The maximum absolute atomic E-state index is 13.8. The van der Waals surface area contributed by atoms with Gasteiger partial charge in [-0.1, -0.05) is 0 Å². The average Bonchev–Trinajstić information content (AvgIpc) is 2.89. The predicted octanol–water partition coefficient (Wildman–Crippen LogP) is 3.51. The molecule has 1 aromatic rings. The number of carbonyl (C=O) groups excluding carboxylic acids is 1. The summed E-state index contributed by atoms with van der Waals surface area (Å²) in [5.41, 5.74) is -3.65. The standard InChI is InChI=1S/C17H24F3N3O3/c1-11(12-5-21-10-25-12)22-7-15-6-16(15,17(18,19)20)9-23(8-15)13(24)26-14(2,3)4/h5,10-11,22H,6-9H2,1-4H3/t11?,15-,16+/m0/s1. The van der Waals surface area contributed by atoms with Gasteiger partial charge in [0.05, 0.1) is 17.7 Å². The molecule has 9 heteroatoms. The smallest absolute Gasteiger partial charge is 0.410 e. The summed E-state index contributed by atoms with van der Waals surface area (Å²) in [6.45, 7) is 6.68. The van der Waals surface area contributed by atoms with E-state index in [2.05, 4.69) is 10.3 Å². The first-order valence-electron chi connectivity index (χ1n) is 8.56. The number of halogens is 3. The molecule has 0 bridgehead atoms. The highest BCUT2D eigenvalue weighted by Gasteiger charge is 2.83. The fourth-order valence-corrected chi connectivity index (χ4v) is 3.83. The van der Waals surface area contributed by atoms with E-state index in [9.17, 15) is 18.0 Å². The summed E-state index contributed by atoms with van der Waals surface area (Å²) in [4.78, 5) is 17.3. The van der Waals surface area contributed by atoms with Crippen LogP contribution in [0, 0.1) is 10.8 Å². The zero-order valence-electron chi connectivity index (χ0n) is 15.3. The van der Waals surface area contributed by atoms with Crippen LogP contribution in [-0.4, -0.2) is 47.4 Å². The number of fused-ring (bicyclic) bond motifs is 1. The predicted molar refractivity (Wildman–Crippen MR) is 86.3 cm³/mol. The highest BCUT2D eigenvalue weighted by molar-refractivity contribution is 5.69. The van der Waals surface area contributed by atoms with Gasteiger partial charge in [-0.3, -0.25) is 0 Å². The first-order chi connectivity index (χ1) is 11.9. The molecule has 3 rings (SSSR count). The lowest BCUT2D eigenvalue weighted by Gasteiger charge is -2.27. The minimum Gasteiger partial charge on any atom is -0.447 e. The number of piperidine rings is 1. The zero-order chi connectivity index (χ0) is 19.4. The van der Waals surface area contributed by atoms with E-state index in [4.69, 9.17) is 9.15 Å². The number of nitrogens with one attached hydrogen (secondary N) is 1. The highest BCUT2D eigenvalue weighted by atomic mass is 19.4. The van der Waals surface area contributed by atoms with Crippen molar-refractivity contribution in [2.75, 3.05) is 19.6 Å². The van der Waals surface area contributed by atoms with Gasteiger partial charge < -0.3 is 19.4 Å². The van der Waals surface area contributed by atoms with Crippen molar-refractivity contribution in [3.8, 4) is 0 Å². The van der Waals surface area contributed by atoms with Crippen molar-refractivity contribution in [2.45, 2.75) is 51.9 Å². The van der Waals surface area contributed by atoms with E-state index in [1.165, 1.54) is 17.5 Å². The van der Waals surface area contributed by atoms with Crippen LogP contribution in [0.4, 0.5) is 18.0 Å². The number of hydrogen-bond acceptors (Lipinski definition) is 5. The number of rotatable bonds is 4. The topological polar surface area (TPSA) is 67.6 Å². The number of oxazole rings is 1. The molecule has 26 heavy (non-hydrogen) atoms. The van der Waals surface area contributed by atoms with Crippen molar-refractivity contribution in [3.05, 3.63) is 18.4 Å². The summed E-state index contributed by atoms with van der Waals surface area (Å²) in [5, 5.41) is 3.10. The SMILES string of the molecule is CC(NC[C@@]12CN(C(=O)OC(C)(C)C)C[C@]1(C(F)(F)F)C2)c1cnco1. The Bertz CT molecular complexity index is 671. The van der Waals surface area contributed by atoms with Crippen molar-refractivity contribution in [1.82, 2.24) is 15.2 Å². The Kier molecular flexibility index (Phi) is 4.29. The molecule has 1 aliphatic carbocycles. The zero-order valence-corrected chi connectivity index (χ0v) is 15.3. The van der Waals surface area contributed by atoms with Gasteiger partial charge in [0, 0.05) is 25.0 Å². The average molecular weight is 375 g/mol. The van der Waals surface area contributed by atoms with Gasteiger partial charge in [-0.2, -0.15) is 13.2 Å². The van der Waals surface area contributed by atoms with Crippen LogP contribution in [0.3, 0.4) is 0 Å². The monoisotopic (exact) mass is 375 g/mol. The van der Waals surface area contributed by atoms with Crippen LogP contribution in [0.2, 0.25) is 0 Å². The second-order valence-electron chi connectivity index (χ2n) is 8.38. The molecule has 1 amide bonds. The molecule has 1 N–H and O–H groups in total. The number of ether oxygens (including phenoxy) is 1. The van der Waals surface area contributed by atoms with Gasteiger partial charge in [0.15, 0.2) is 6.39 Å².